The number of hydrogen-bond acceptors (Lipinski definition) is 33. The van der Waals surface area contributed by atoms with Crippen molar-refractivity contribution in [3.05, 3.63) is 238 Å². The number of carbonyl (C=O) groups is 1. The lowest BCUT2D eigenvalue weighted by molar-refractivity contribution is 0.0600. The minimum atomic E-state index is -3.47. The molecule has 0 fully saturated rings. The molecule has 4 atom stereocenters. The molecular formula is C105H101N15O9S15. The number of thiazole rings is 2. The lowest BCUT2D eigenvalue weighted by Gasteiger charge is -2.09. The molecule has 0 bridgehead atoms. The maximum absolute atomic E-state index is 12.9. The average Bonchev–Trinajstić information content (AvgIpc) is 1.61. The fourth-order valence-corrected chi connectivity index (χ4v) is 33.1. The highest BCUT2D eigenvalue weighted by atomic mass is 32.2. The van der Waals surface area contributed by atoms with Crippen LogP contribution >= 0.6 is 113 Å². The van der Waals surface area contributed by atoms with E-state index >= 15 is 0 Å². The number of hydrogen-bond donors (Lipinski definition) is 6. The Morgan fingerprint density at radius 2 is 0.806 bits per heavy atom. The number of pyridine rings is 5. The number of rotatable bonds is 32. The van der Waals surface area contributed by atoms with Gasteiger partial charge in [-0.05, 0) is 166 Å². The zero-order valence-corrected chi connectivity index (χ0v) is 91.6. The second-order valence-corrected chi connectivity index (χ2v) is 51.9. The summed E-state index contributed by atoms with van der Waals surface area (Å²) >= 11 is 14.7. The van der Waals surface area contributed by atoms with Crippen LogP contribution in [0.25, 0.3) is 160 Å². The van der Waals surface area contributed by atoms with Crippen LogP contribution < -0.4 is 28.7 Å². The molecule has 24 nitrogen and oxygen atoms in total. The summed E-state index contributed by atoms with van der Waals surface area (Å²) < 4.78 is 86.9. The summed E-state index contributed by atoms with van der Waals surface area (Å²) in [5.41, 5.74) is 49.8. The number of thiophene rings is 8. The molecule has 20 aromatic rings. The van der Waals surface area contributed by atoms with Gasteiger partial charge in [0.15, 0.2) is 9.84 Å². The van der Waals surface area contributed by atoms with Gasteiger partial charge in [-0.25, -0.2) is 53.1 Å². The van der Waals surface area contributed by atoms with Gasteiger partial charge < -0.3 is 43.1 Å². The van der Waals surface area contributed by atoms with Crippen molar-refractivity contribution >= 4 is 252 Å². The molecule has 0 aliphatic carbocycles. The predicted octanol–water partition coefficient (Wildman–Crippen LogP) is 27.2. The van der Waals surface area contributed by atoms with E-state index in [4.69, 9.17) is 63.6 Å². The summed E-state index contributed by atoms with van der Waals surface area (Å²) in [6.07, 6.45) is 13.4. The molecule has 0 saturated carbocycles. The molecule has 0 spiro atoms. The number of aryl methyl sites for hydroxylation is 1. The molecule has 20 rings (SSSR count). The number of aliphatic hydroxyl groups is 1. The van der Waals surface area contributed by atoms with E-state index in [9.17, 15) is 35.2 Å². The van der Waals surface area contributed by atoms with Crippen molar-refractivity contribution in [2.45, 2.75) is 126 Å². The Bertz CT molecular complexity index is 8180. The van der Waals surface area contributed by atoms with Crippen molar-refractivity contribution in [2.24, 2.45) is 7.05 Å². The first-order valence-corrected chi connectivity index (χ1v) is 61.4. The highest BCUT2D eigenvalue weighted by Crippen LogP contribution is 2.51. The molecule has 144 heavy (non-hydrogen) atoms. The minimum Gasteiger partial charge on any atom is -0.465 e. The molecule has 16 heterocycles. The van der Waals surface area contributed by atoms with Crippen LogP contribution in [0.4, 0.5) is 28.4 Å². The number of imidazole rings is 1. The van der Waals surface area contributed by atoms with E-state index in [2.05, 4.69) is 77.5 Å². The van der Waals surface area contributed by atoms with Crippen LogP contribution in [0.1, 0.15) is 114 Å². The van der Waals surface area contributed by atoms with Gasteiger partial charge in [0.2, 0.25) is 0 Å². The van der Waals surface area contributed by atoms with Gasteiger partial charge in [0.05, 0.1) is 146 Å². The third kappa shape index (κ3) is 23.6. The second-order valence-electron chi connectivity index (χ2n) is 32.9. The van der Waals surface area contributed by atoms with Gasteiger partial charge in [-0.2, -0.15) is 5.26 Å². The number of fused-ring (bicyclic) bond motifs is 5. The van der Waals surface area contributed by atoms with Crippen molar-refractivity contribution in [1.82, 2.24) is 44.4 Å². The van der Waals surface area contributed by atoms with Crippen LogP contribution in [0.3, 0.4) is 0 Å². The molecule has 4 unspecified atom stereocenters. The van der Waals surface area contributed by atoms with Gasteiger partial charge in [-0.1, -0.05) is 169 Å². The number of aromatic nitrogens is 9. The third-order valence-corrected chi connectivity index (χ3v) is 43.0. The summed E-state index contributed by atoms with van der Waals surface area (Å²) in [5, 5.41) is 33.7. The maximum atomic E-state index is 12.9. The normalized spacial score (nSPS) is 12.3. The molecule has 16 aromatic heterocycles. The van der Waals surface area contributed by atoms with Crippen LogP contribution in [0.5, 0.6) is 0 Å². The highest BCUT2D eigenvalue weighted by molar-refractivity contribution is 7.93. The number of nitrogens with two attached hydrogens (primary N) is 5. The first-order valence-electron chi connectivity index (χ1n) is 46.0. The largest absolute Gasteiger partial charge is 0.465 e. The monoisotopic (exact) mass is 2200 g/mol. The van der Waals surface area contributed by atoms with Crippen molar-refractivity contribution in [3.63, 3.8) is 0 Å². The molecule has 0 aliphatic heterocycles. The van der Waals surface area contributed by atoms with E-state index in [0.717, 1.165) is 211 Å². The van der Waals surface area contributed by atoms with E-state index in [0.29, 0.717) is 104 Å². The molecule has 0 aliphatic rings. The van der Waals surface area contributed by atoms with Crippen LogP contribution in [-0.2, 0) is 71.4 Å². The number of carbonyl (C=O) groups excluding carboxylic acids is 1. The van der Waals surface area contributed by atoms with Gasteiger partial charge in [-0.15, -0.1) is 113 Å². The Hall–Kier alpha value is -11.5. The van der Waals surface area contributed by atoms with Gasteiger partial charge >= 0.3 is 5.97 Å². The first-order chi connectivity index (χ1) is 69.8. The number of aliphatic hydroxyl groups excluding tert-OH is 1. The lowest BCUT2D eigenvalue weighted by Crippen LogP contribution is -2.06. The van der Waals surface area contributed by atoms with Crippen molar-refractivity contribution in [3.8, 4) is 115 Å². The Labute approximate surface area is 884 Å². The smallest absolute Gasteiger partial charge is 0.337 e. The lowest BCUT2D eigenvalue weighted by atomic mass is 10.00. The number of nitriles is 1. The van der Waals surface area contributed by atoms with Crippen LogP contribution in [0.2, 0.25) is 0 Å². The molecule has 0 saturated heterocycles. The van der Waals surface area contributed by atoms with Gasteiger partial charge in [0, 0.05) is 92.1 Å². The predicted molar refractivity (Wildman–Crippen MR) is 610 cm³/mol. The number of esters is 1. The molecule has 4 aromatic carbocycles. The Morgan fingerprint density at radius 3 is 1.18 bits per heavy atom. The Balaban J connectivity index is 0.000000129. The maximum Gasteiger partial charge on any atom is 0.337 e. The number of nitrogens with zero attached hydrogens (tertiary/aromatic N) is 10. The zero-order valence-electron chi connectivity index (χ0n) is 79.4. The molecule has 0 amide bonds. The molecule has 740 valence electrons. The van der Waals surface area contributed by atoms with E-state index in [-0.39, 0.29) is 22.3 Å². The van der Waals surface area contributed by atoms with Crippen molar-refractivity contribution in [2.75, 3.05) is 64.5 Å². The SMILES string of the molecule is CCCCS(=O)(=O)c1sc2nc(-c3cccs3)cc(-c3ccc(CO)cc3)c2c1N.CCCCS(=O)c1sc2nc(-c3cccs3)cc(-c3ccccc3)c2c1N.CCCCS(=O)c1sc2nc(-c3nccs3)cc(-c3cccc(C(=O)OC)c3)c2c1N.CCCCS(=O)c1sc2nc(-c3nccs3)cc(-c3cnc(C)n3C)c2c1N.N#CCCCS(=O)c1sc2nc(-c3cccs3)cc(-c3ccccc3)c2c1N. The van der Waals surface area contributed by atoms with Crippen LogP contribution in [-0.4, -0.2) is 117 Å². The molecule has 0 radical (unpaired) electrons. The summed E-state index contributed by atoms with van der Waals surface area (Å²) in [6, 6.07) is 59.3. The number of ether oxygens (including phenoxy) is 1. The minimum absolute atomic E-state index is 0.0348. The Kier molecular flexibility index (Phi) is 35.6. The van der Waals surface area contributed by atoms with Crippen molar-refractivity contribution in [1.29, 1.82) is 5.26 Å². The topological polar surface area (TPSA) is 411 Å². The summed E-state index contributed by atoms with van der Waals surface area (Å²) in [4.78, 5) is 56.3. The molecular weight excluding hydrogens is 2100 g/mol. The van der Waals surface area contributed by atoms with Gasteiger partial charge in [0.25, 0.3) is 0 Å². The fourth-order valence-electron chi connectivity index (χ4n) is 15.7. The van der Waals surface area contributed by atoms with E-state index < -0.39 is 59.0 Å². The zero-order chi connectivity index (χ0) is 101. The Morgan fingerprint density at radius 1 is 0.431 bits per heavy atom. The van der Waals surface area contributed by atoms with E-state index in [1.165, 1.54) is 63.8 Å². The second kappa shape index (κ2) is 48.7. The van der Waals surface area contributed by atoms with Crippen LogP contribution in [0, 0.1) is 18.3 Å². The van der Waals surface area contributed by atoms with Gasteiger partial charge in [0.1, 0.15) is 72.4 Å². The number of sulfone groups is 1. The van der Waals surface area contributed by atoms with Crippen LogP contribution in [0.15, 0.2) is 242 Å². The number of methoxy groups -OCH3 is 1. The van der Waals surface area contributed by atoms with Gasteiger partial charge in [-0.3, -0.25) is 16.8 Å². The molecule has 11 N–H and O–H groups in total. The average molecular weight is 2200 g/mol. The standard InChI is InChI=1S/C22H21N3O3S3.C22H22N2O3S3.C21H17N3OS3.C21H20N2OS3.C19H21N5OS3/c1-3-4-10-31(27)22-18(23)17-15(13-6-5-7-14(11-13)21(26)28-2)12-16(25-20(17)30-22)19-24-8-9-29-19;1-2-3-11-30(26,27)22-20(23)19-16(15-8-6-14(13-25)7-9-15)12-17(24-21(19)29-22)18-5-4-10-28-18;22-10-4-5-12-28(25)21-19(23)18-15(14-7-2-1-3-8-14)13-16(24-20(18)27-21)17-9-6-11-26-17;1-2-3-12-27(24)21-19(22)18-15(14-8-5-4-6-9-14)13-16(23-20(18)26-21)17-10-7-11-25-17;1-4-5-8-28(25)19-16(20)15-12(14-10-22-11(2)24(14)3)9-13(23-18(15)27-19)17-21-6-7-26-17/h5-9,11-12H,3-4,10,23H2,1-2H3;4-10,12,25H,2-3,11,13,23H2,1H3;1-3,6-9,11,13H,4-5,12,23H2;4-11,13H,2-3,12,22H2,1H3;6-7,9-10H,4-5,8,20H2,1-3H3. The summed E-state index contributed by atoms with van der Waals surface area (Å²) in [5.74, 6) is 2.85. The quantitative estimate of drug-likeness (QED) is 0.0168. The van der Waals surface area contributed by atoms with Crippen molar-refractivity contribution < 1.29 is 39.9 Å². The number of unbranched alkanes of at least 4 members (excludes halogenated alkanes) is 5. The summed E-state index contributed by atoms with van der Waals surface area (Å²) in [7, 11) is -4.74. The van der Waals surface area contributed by atoms with E-state index in [1.54, 1.807) is 75.9 Å². The summed E-state index contributed by atoms with van der Waals surface area (Å²) in [6.45, 7) is 10.2. The number of benzene rings is 4. The molecule has 39 heteroatoms. The number of nitrogen functional groups attached to an aromatic ring is 5. The first kappa shape index (κ1) is 105. The fraction of sp³-hybridized carbons (Fsp3) is 0.219. The highest BCUT2D eigenvalue weighted by Gasteiger charge is 2.31. The number of anilines is 5. The van der Waals surface area contributed by atoms with E-state index in [1.807, 2.05) is 181 Å². The third-order valence-electron chi connectivity index (χ3n) is 23.2.